The Morgan fingerprint density at radius 1 is 1.35 bits per heavy atom. The number of hydrogen-bond acceptors (Lipinski definition) is 4. The van der Waals surface area contributed by atoms with Crippen LogP contribution in [0.1, 0.15) is 17.1 Å². The Hall–Kier alpha value is -2.54. The van der Waals surface area contributed by atoms with Gasteiger partial charge in [-0.25, -0.2) is 9.78 Å². The van der Waals surface area contributed by atoms with Crippen LogP contribution in [0.4, 0.5) is 0 Å². The van der Waals surface area contributed by atoms with Gasteiger partial charge >= 0.3 is 5.97 Å². The Balaban J connectivity index is 2.10. The molecule has 0 fully saturated rings. The number of rotatable bonds is 4. The first-order valence-corrected chi connectivity index (χ1v) is 7.85. The largest absolute Gasteiger partial charge is 0.477 e. The maximum absolute atomic E-state index is 11.6. The number of hydrogen-bond donors (Lipinski definition) is 2. The lowest BCUT2D eigenvalue weighted by atomic mass is 10.1. The first kappa shape index (κ1) is 15.4. The fraction of sp³-hybridized carbons (Fsp3) is 0.188. The second kappa shape index (κ2) is 5.92. The molecule has 0 aliphatic heterocycles. The molecule has 0 aliphatic rings. The standard InChI is InChI=1S/C16H16N4O2S/c1-9-12(11-6-4-5-7-13(11)20(9)3)8-14(15(21)22)23-16-17-10(2)18-19-16/h4-8H,1-3H3,(H,21,22)(H,17,18,19)/b14-8-. The number of H-pyrrole nitrogens is 1. The zero-order chi connectivity index (χ0) is 16.6. The van der Waals surface area contributed by atoms with Gasteiger partial charge in [0.1, 0.15) is 10.7 Å². The summed E-state index contributed by atoms with van der Waals surface area (Å²) < 4.78 is 2.06. The van der Waals surface area contributed by atoms with Crippen LogP contribution in [0.3, 0.4) is 0 Å². The lowest BCUT2D eigenvalue weighted by Gasteiger charge is -2.01. The molecule has 3 aromatic rings. The van der Waals surface area contributed by atoms with Gasteiger partial charge in [0.25, 0.3) is 0 Å². The van der Waals surface area contributed by atoms with Crippen LogP contribution in [0, 0.1) is 13.8 Å². The van der Waals surface area contributed by atoms with Gasteiger partial charge in [-0.15, -0.1) is 5.10 Å². The van der Waals surface area contributed by atoms with E-state index in [2.05, 4.69) is 19.7 Å². The average molecular weight is 328 g/mol. The molecule has 7 heteroatoms. The van der Waals surface area contributed by atoms with E-state index in [1.807, 2.05) is 38.2 Å². The van der Waals surface area contributed by atoms with Crippen molar-refractivity contribution in [2.24, 2.45) is 7.05 Å². The lowest BCUT2D eigenvalue weighted by Crippen LogP contribution is -1.98. The number of thioether (sulfide) groups is 1. The Bertz CT molecular complexity index is 923. The number of fused-ring (bicyclic) bond motifs is 1. The van der Waals surface area contributed by atoms with E-state index < -0.39 is 5.97 Å². The van der Waals surface area contributed by atoms with Crippen molar-refractivity contribution in [2.45, 2.75) is 19.0 Å². The number of nitrogens with zero attached hydrogens (tertiary/aromatic N) is 3. The summed E-state index contributed by atoms with van der Waals surface area (Å²) in [6.45, 7) is 3.75. The van der Waals surface area contributed by atoms with Crippen LogP contribution in [0.15, 0.2) is 34.3 Å². The highest BCUT2D eigenvalue weighted by Gasteiger charge is 2.16. The highest BCUT2D eigenvalue weighted by Crippen LogP contribution is 2.31. The Labute approximate surface area is 137 Å². The van der Waals surface area contributed by atoms with E-state index in [1.165, 1.54) is 0 Å². The average Bonchev–Trinajstić information content (AvgIpc) is 3.04. The second-order valence-corrected chi connectivity index (χ2v) is 6.20. The predicted molar refractivity (Wildman–Crippen MR) is 90.2 cm³/mol. The molecular weight excluding hydrogens is 312 g/mol. The molecule has 0 atom stereocenters. The summed E-state index contributed by atoms with van der Waals surface area (Å²) in [5, 5.41) is 17.6. The van der Waals surface area contributed by atoms with Crippen LogP contribution in [0.5, 0.6) is 0 Å². The van der Waals surface area contributed by atoms with Crippen LogP contribution in [0.2, 0.25) is 0 Å². The van der Waals surface area contributed by atoms with Crippen LogP contribution in [-0.4, -0.2) is 30.8 Å². The Kier molecular flexibility index (Phi) is 3.96. The molecule has 6 nitrogen and oxygen atoms in total. The van der Waals surface area contributed by atoms with Crippen molar-refractivity contribution in [3.05, 3.63) is 46.3 Å². The lowest BCUT2D eigenvalue weighted by molar-refractivity contribution is -0.131. The summed E-state index contributed by atoms with van der Waals surface area (Å²) in [7, 11) is 1.97. The van der Waals surface area contributed by atoms with E-state index in [0.717, 1.165) is 33.9 Å². The molecule has 2 N–H and O–H groups in total. The molecular formula is C16H16N4O2S. The fourth-order valence-corrected chi connectivity index (χ4v) is 3.20. The van der Waals surface area contributed by atoms with Crippen molar-refractivity contribution < 1.29 is 9.90 Å². The maximum Gasteiger partial charge on any atom is 0.342 e. The normalized spacial score (nSPS) is 12.0. The van der Waals surface area contributed by atoms with Gasteiger partial charge < -0.3 is 9.67 Å². The molecule has 1 aromatic carbocycles. The summed E-state index contributed by atoms with van der Waals surface area (Å²) in [6, 6.07) is 7.94. The van der Waals surface area contributed by atoms with Crippen LogP contribution < -0.4 is 0 Å². The molecule has 0 saturated heterocycles. The summed E-state index contributed by atoms with van der Waals surface area (Å²) in [4.78, 5) is 15.9. The first-order chi connectivity index (χ1) is 11.0. The van der Waals surface area contributed by atoms with Gasteiger partial charge in [-0.3, -0.25) is 5.10 Å². The molecule has 118 valence electrons. The molecule has 0 bridgehead atoms. The zero-order valence-electron chi connectivity index (χ0n) is 13.0. The number of nitrogens with one attached hydrogen (secondary N) is 1. The second-order valence-electron chi connectivity index (χ2n) is 5.19. The minimum absolute atomic E-state index is 0.184. The molecule has 0 radical (unpaired) electrons. The van der Waals surface area contributed by atoms with Gasteiger partial charge in [-0.05, 0) is 37.8 Å². The minimum atomic E-state index is -0.996. The van der Waals surface area contributed by atoms with Gasteiger partial charge in [0.05, 0.1) is 0 Å². The quantitative estimate of drug-likeness (QED) is 0.568. The molecule has 23 heavy (non-hydrogen) atoms. The van der Waals surface area contributed by atoms with E-state index in [0.29, 0.717) is 11.0 Å². The van der Waals surface area contributed by atoms with E-state index in [-0.39, 0.29) is 4.91 Å². The molecule has 0 aliphatic carbocycles. The first-order valence-electron chi connectivity index (χ1n) is 7.03. The van der Waals surface area contributed by atoms with Gasteiger partial charge in [0, 0.05) is 29.2 Å². The molecule has 0 saturated carbocycles. The van der Waals surface area contributed by atoms with Crippen LogP contribution in [0.25, 0.3) is 17.0 Å². The van der Waals surface area contributed by atoms with E-state index in [4.69, 9.17) is 0 Å². The number of aromatic nitrogens is 4. The minimum Gasteiger partial charge on any atom is -0.477 e. The van der Waals surface area contributed by atoms with Crippen LogP contribution in [-0.2, 0) is 11.8 Å². The number of para-hydroxylation sites is 1. The highest BCUT2D eigenvalue weighted by atomic mass is 32.2. The van der Waals surface area contributed by atoms with Gasteiger partial charge in [0.15, 0.2) is 0 Å². The molecule has 0 unspecified atom stereocenters. The predicted octanol–water partition coefficient (Wildman–Crippen LogP) is 3.13. The maximum atomic E-state index is 11.6. The molecule has 2 aromatic heterocycles. The Morgan fingerprint density at radius 2 is 2.09 bits per heavy atom. The third kappa shape index (κ3) is 2.87. The van der Waals surface area contributed by atoms with Crippen molar-refractivity contribution >= 4 is 34.7 Å². The van der Waals surface area contributed by atoms with Gasteiger partial charge in [-0.1, -0.05) is 18.2 Å². The SMILES string of the molecule is Cc1nc(S/C(=C\c2c(C)n(C)c3ccccc23)C(=O)O)n[nH]1. The third-order valence-corrected chi connectivity index (χ3v) is 4.59. The van der Waals surface area contributed by atoms with Gasteiger partial charge in [0.2, 0.25) is 5.16 Å². The van der Waals surface area contributed by atoms with Gasteiger partial charge in [-0.2, -0.15) is 0 Å². The van der Waals surface area contributed by atoms with Crippen molar-refractivity contribution in [1.29, 1.82) is 0 Å². The molecule has 2 heterocycles. The summed E-state index contributed by atoms with van der Waals surface area (Å²) in [5.74, 6) is -0.344. The van der Waals surface area contributed by atoms with E-state index in [9.17, 15) is 9.90 Å². The Morgan fingerprint density at radius 3 is 2.74 bits per heavy atom. The monoisotopic (exact) mass is 328 g/mol. The fourth-order valence-electron chi connectivity index (χ4n) is 2.46. The number of aromatic amines is 1. The number of carbonyl (C=O) groups is 1. The molecule has 3 rings (SSSR count). The summed E-state index contributed by atoms with van der Waals surface area (Å²) in [6.07, 6.45) is 1.69. The summed E-state index contributed by atoms with van der Waals surface area (Å²) in [5.41, 5.74) is 2.98. The number of benzene rings is 1. The zero-order valence-corrected chi connectivity index (χ0v) is 13.8. The molecule has 0 spiro atoms. The van der Waals surface area contributed by atoms with Crippen molar-refractivity contribution in [1.82, 2.24) is 19.7 Å². The van der Waals surface area contributed by atoms with Crippen molar-refractivity contribution in [2.75, 3.05) is 0 Å². The topological polar surface area (TPSA) is 83.8 Å². The third-order valence-electron chi connectivity index (χ3n) is 3.71. The number of carboxylic acid groups (broad SMARTS) is 1. The smallest absolute Gasteiger partial charge is 0.342 e. The number of aliphatic carboxylic acids is 1. The molecule has 0 amide bonds. The number of aryl methyl sites for hydroxylation is 2. The van der Waals surface area contributed by atoms with E-state index in [1.54, 1.807) is 13.0 Å². The summed E-state index contributed by atoms with van der Waals surface area (Å²) >= 11 is 1.04. The van der Waals surface area contributed by atoms with Crippen molar-refractivity contribution in [3.8, 4) is 0 Å². The van der Waals surface area contributed by atoms with E-state index >= 15 is 0 Å². The highest BCUT2D eigenvalue weighted by molar-refractivity contribution is 8.04. The van der Waals surface area contributed by atoms with Crippen molar-refractivity contribution in [3.63, 3.8) is 0 Å². The van der Waals surface area contributed by atoms with Crippen LogP contribution >= 0.6 is 11.8 Å². The number of carboxylic acids is 1.